The number of carboxylic acid groups (broad SMARTS) is 1. The molecule has 0 aliphatic heterocycles. The molecular formula is C10H16O5. The van der Waals surface area contributed by atoms with Crippen molar-refractivity contribution < 1.29 is 24.2 Å². The van der Waals surface area contributed by atoms with Gasteiger partial charge in [-0.3, -0.25) is 9.59 Å². The fraction of sp³-hybridized carbons (Fsp3) is 0.600. The highest BCUT2D eigenvalue weighted by Crippen LogP contribution is 2.12. The third kappa shape index (κ3) is 5.05. The molecule has 0 saturated heterocycles. The zero-order valence-electron chi connectivity index (χ0n) is 8.93. The van der Waals surface area contributed by atoms with Crippen LogP contribution in [0.3, 0.4) is 0 Å². The van der Waals surface area contributed by atoms with Gasteiger partial charge in [-0.25, -0.2) is 0 Å². The quantitative estimate of drug-likeness (QED) is 0.393. The van der Waals surface area contributed by atoms with Crippen LogP contribution in [0.15, 0.2) is 12.8 Å². The highest BCUT2D eigenvalue weighted by atomic mass is 16.5. The lowest BCUT2D eigenvalue weighted by Crippen LogP contribution is -2.29. The van der Waals surface area contributed by atoms with Gasteiger partial charge < -0.3 is 14.6 Å². The van der Waals surface area contributed by atoms with Crippen LogP contribution in [-0.2, 0) is 19.1 Å². The zero-order chi connectivity index (χ0) is 11.8. The van der Waals surface area contributed by atoms with Crippen molar-refractivity contribution in [1.82, 2.24) is 0 Å². The second-order valence-electron chi connectivity index (χ2n) is 2.99. The first kappa shape index (κ1) is 13.5. The van der Waals surface area contributed by atoms with Gasteiger partial charge in [-0.1, -0.05) is 6.58 Å². The van der Waals surface area contributed by atoms with E-state index in [4.69, 9.17) is 9.84 Å². The number of carboxylic acids is 1. The normalized spacial score (nSPS) is 13.7. The van der Waals surface area contributed by atoms with Crippen molar-refractivity contribution in [2.45, 2.75) is 26.4 Å². The standard InChI is InChI=1S/C10H16O5/c1-4-14-7(3)6-8(9(11)12)10(13)15-5-2/h4,7-8H,1,5-6H2,2-3H3,(H,11,12). The number of aliphatic carboxylic acids is 1. The smallest absolute Gasteiger partial charge is 0.320 e. The van der Waals surface area contributed by atoms with Crippen LogP contribution in [0.1, 0.15) is 20.3 Å². The Morgan fingerprint density at radius 2 is 2.13 bits per heavy atom. The molecule has 0 spiro atoms. The predicted molar refractivity (Wildman–Crippen MR) is 53.1 cm³/mol. The summed E-state index contributed by atoms with van der Waals surface area (Å²) in [5, 5.41) is 8.81. The highest BCUT2D eigenvalue weighted by molar-refractivity contribution is 5.93. The van der Waals surface area contributed by atoms with Gasteiger partial charge in [0.05, 0.1) is 19.0 Å². The first-order valence-electron chi connectivity index (χ1n) is 4.68. The SMILES string of the molecule is C=COC(C)CC(C(=O)O)C(=O)OCC. The average Bonchev–Trinajstić information content (AvgIpc) is 2.14. The fourth-order valence-electron chi connectivity index (χ4n) is 1.09. The van der Waals surface area contributed by atoms with E-state index in [0.29, 0.717) is 0 Å². The number of rotatable bonds is 7. The summed E-state index contributed by atoms with van der Waals surface area (Å²) < 4.78 is 9.59. The minimum absolute atomic E-state index is 0.0696. The van der Waals surface area contributed by atoms with Crippen molar-refractivity contribution in [3.63, 3.8) is 0 Å². The average molecular weight is 216 g/mol. The summed E-state index contributed by atoms with van der Waals surface area (Å²) in [6, 6.07) is 0. The van der Waals surface area contributed by atoms with Crippen LogP contribution in [0.2, 0.25) is 0 Å². The van der Waals surface area contributed by atoms with Crippen LogP contribution < -0.4 is 0 Å². The van der Waals surface area contributed by atoms with Crippen molar-refractivity contribution in [2.75, 3.05) is 6.61 Å². The number of carbonyl (C=O) groups is 2. The summed E-state index contributed by atoms with van der Waals surface area (Å²) in [5.74, 6) is -3.11. The Labute approximate surface area is 88.7 Å². The van der Waals surface area contributed by atoms with Crippen LogP contribution >= 0.6 is 0 Å². The van der Waals surface area contributed by atoms with Gasteiger partial charge in [-0.15, -0.1) is 0 Å². The van der Waals surface area contributed by atoms with Gasteiger partial charge in [-0.2, -0.15) is 0 Å². The molecule has 5 nitrogen and oxygen atoms in total. The molecular weight excluding hydrogens is 200 g/mol. The monoisotopic (exact) mass is 216 g/mol. The van der Waals surface area contributed by atoms with E-state index in [0.717, 1.165) is 0 Å². The molecule has 15 heavy (non-hydrogen) atoms. The molecule has 5 heteroatoms. The lowest BCUT2D eigenvalue weighted by atomic mass is 10.0. The molecule has 0 aliphatic carbocycles. The lowest BCUT2D eigenvalue weighted by molar-refractivity contribution is -0.159. The topological polar surface area (TPSA) is 72.8 Å². The van der Waals surface area contributed by atoms with Gasteiger partial charge >= 0.3 is 11.9 Å². The molecule has 0 saturated carbocycles. The Bertz CT molecular complexity index is 236. The minimum Gasteiger partial charge on any atom is -0.499 e. The Kier molecular flexibility index (Phi) is 6.17. The van der Waals surface area contributed by atoms with Crippen LogP contribution in [0, 0.1) is 5.92 Å². The summed E-state index contributed by atoms with van der Waals surface area (Å²) in [7, 11) is 0. The zero-order valence-corrected chi connectivity index (χ0v) is 8.93. The van der Waals surface area contributed by atoms with E-state index >= 15 is 0 Å². The molecule has 0 amide bonds. The summed E-state index contributed by atoms with van der Waals surface area (Å²) >= 11 is 0. The summed E-state index contributed by atoms with van der Waals surface area (Å²) in [4.78, 5) is 22.0. The number of carbonyl (C=O) groups excluding carboxylic acids is 1. The molecule has 86 valence electrons. The molecule has 0 fully saturated rings. The molecule has 2 unspecified atom stereocenters. The summed E-state index contributed by atoms with van der Waals surface area (Å²) in [6.45, 7) is 6.80. The molecule has 2 atom stereocenters. The number of hydrogen-bond donors (Lipinski definition) is 1. The molecule has 0 heterocycles. The lowest BCUT2D eigenvalue weighted by Gasteiger charge is -2.15. The highest BCUT2D eigenvalue weighted by Gasteiger charge is 2.29. The molecule has 1 N–H and O–H groups in total. The Balaban J connectivity index is 4.33. The second-order valence-corrected chi connectivity index (χ2v) is 2.99. The largest absolute Gasteiger partial charge is 0.499 e. The minimum atomic E-state index is -1.20. The molecule has 0 aliphatic rings. The number of ether oxygens (including phenoxy) is 2. The maximum Gasteiger partial charge on any atom is 0.320 e. The summed E-state index contributed by atoms with van der Waals surface area (Å²) in [6.07, 6.45) is 0.905. The third-order valence-corrected chi connectivity index (χ3v) is 1.77. The van der Waals surface area contributed by atoms with Crippen LogP contribution in [-0.4, -0.2) is 29.8 Å². The first-order valence-corrected chi connectivity index (χ1v) is 4.68. The van der Waals surface area contributed by atoms with Gasteiger partial charge in [0.25, 0.3) is 0 Å². The Morgan fingerprint density at radius 1 is 1.53 bits per heavy atom. The van der Waals surface area contributed by atoms with E-state index in [1.165, 1.54) is 6.26 Å². The number of hydrogen-bond acceptors (Lipinski definition) is 4. The van der Waals surface area contributed by atoms with E-state index in [1.807, 2.05) is 0 Å². The van der Waals surface area contributed by atoms with E-state index in [-0.39, 0.29) is 19.1 Å². The van der Waals surface area contributed by atoms with E-state index in [9.17, 15) is 9.59 Å². The van der Waals surface area contributed by atoms with Crippen LogP contribution in [0.25, 0.3) is 0 Å². The van der Waals surface area contributed by atoms with Crippen molar-refractivity contribution in [2.24, 2.45) is 5.92 Å². The van der Waals surface area contributed by atoms with Crippen molar-refractivity contribution in [3.05, 3.63) is 12.8 Å². The van der Waals surface area contributed by atoms with Crippen LogP contribution in [0.4, 0.5) is 0 Å². The molecule has 0 aromatic carbocycles. The Hall–Kier alpha value is -1.52. The molecule has 0 rings (SSSR count). The fourth-order valence-corrected chi connectivity index (χ4v) is 1.09. The van der Waals surface area contributed by atoms with Crippen molar-refractivity contribution >= 4 is 11.9 Å². The molecule has 0 aromatic heterocycles. The molecule has 0 aromatic rings. The van der Waals surface area contributed by atoms with Crippen molar-refractivity contribution in [3.8, 4) is 0 Å². The van der Waals surface area contributed by atoms with Gasteiger partial charge in [0, 0.05) is 6.42 Å². The van der Waals surface area contributed by atoms with Crippen molar-refractivity contribution in [1.29, 1.82) is 0 Å². The van der Waals surface area contributed by atoms with Gasteiger partial charge in [-0.05, 0) is 13.8 Å². The first-order chi connectivity index (χ1) is 7.02. The van der Waals surface area contributed by atoms with Gasteiger partial charge in [0.2, 0.25) is 0 Å². The second kappa shape index (κ2) is 6.86. The van der Waals surface area contributed by atoms with E-state index in [2.05, 4.69) is 11.3 Å². The number of esters is 1. The van der Waals surface area contributed by atoms with Crippen LogP contribution in [0.5, 0.6) is 0 Å². The third-order valence-electron chi connectivity index (χ3n) is 1.77. The van der Waals surface area contributed by atoms with E-state index < -0.39 is 17.9 Å². The van der Waals surface area contributed by atoms with Gasteiger partial charge in [0.1, 0.15) is 0 Å². The maximum atomic E-state index is 11.2. The predicted octanol–water partition coefficient (Wildman–Crippen LogP) is 1.19. The Morgan fingerprint density at radius 3 is 2.53 bits per heavy atom. The maximum absolute atomic E-state index is 11.2. The molecule has 0 bridgehead atoms. The molecule has 0 radical (unpaired) electrons. The van der Waals surface area contributed by atoms with E-state index in [1.54, 1.807) is 13.8 Å². The summed E-state index contributed by atoms with van der Waals surface area (Å²) in [5.41, 5.74) is 0. The van der Waals surface area contributed by atoms with Gasteiger partial charge in [0.15, 0.2) is 5.92 Å².